The van der Waals surface area contributed by atoms with Crippen LogP contribution in [0.4, 0.5) is 0 Å². The second-order valence-corrected chi connectivity index (χ2v) is 8.00. The van der Waals surface area contributed by atoms with E-state index in [-0.39, 0.29) is 34.5 Å². The summed E-state index contributed by atoms with van der Waals surface area (Å²) in [5.41, 5.74) is 0.0562. The van der Waals surface area contributed by atoms with Crippen LogP contribution in [0.2, 0.25) is 0 Å². The van der Waals surface area contributed by atoms with Crippen molar-refractivity contribution in [2.45, 2.75) is 47.6 Å². The predicted octanol–water partition coefficient (Wildman–Crippen LogP) is 2.32. The van der Waals surface area contributed by atoms with E-state index < -0.39 is 6.04 Å². The van der Waals surface area contributed by atoms with E-state index in [0.717, 1.165) is 0 Å². The highest BCUT2D eigenvalue weighted by Gasteiger charge is 2.70. The number of esters is 1. The van der Waals surface area contributed by atoms with Gasteiger partial charge in [-0.2, -0.15) is 0 Å². The molecule has 20 heavy (non-hydrogen) atoms. The molecule has 0 radical (unpaired) electrons. The predicted molar refractivity (Wildman–Crippen MR) is 76.9 cm³/mol. The molecular formula is C16H27NO3. The fraction of sp³-hybridized carbons (Fsp3) is 0.875. The number of hydrogen-bond donors (Lipinski definition) is 0. The van der Waals surface area contributed by atoms with E-state index in [1.807, 2.05) is 6.92 Å². The minimum absolute atomic E-state index is 0.0795. The van der Waals surface area contributed by atoms with Crippen molar-refractivity contribution in [1.29, 1.82) is 0 Å². The lowest BCUT2D eigenvalue weighted by Gasteiger charge is -2.35. The van der Waals surface area contributed by atoms with Crippen LogP contribution in [0.25, 0.3) is 0 Å². The standard InChI is InChI=1S/C16H27NO3/c1-9(15(2,3)4)13(18)17-8-10-11(16(10,5)6)12(17)14(19)20-7/h9-12H,8H2,1-7H3/t9-,10?,11?,12+/m1/s1. The normalized spacial score (nSPS) is 32.5. The highest BCUT2D eigenvalue weighted by molar-refractivity contribution is 5.88. The van der Waals surface area contributed by atoms with Crippen LogP contribution in [0.5, 0.6) is 0 Å². The van der Waals surface area contributed by atoms with Crippen LogP contribution in [0, 0.1) is 28.6 Å². The molecule has 0 aromatic heterocycles. The smallest absolute Gasteiger partial charge is 0.328 e. The quantitative estimate of drug-likeness (QED) is 0.730. The third-order valence-electron chi connectivity index (χ3n) is 5.60. The second kappa shape index (κ2) is 4.47. The molecule has 1 saturated carbocycles. The molecule has 114 valence electrons. The number of fused-ring (bicyclic) bond motifs is 1. The molecule has 1 aliphatic heterocycles. The number of amides is 1. The number of piperidine rings is 1. The summed E-state index contributed by atoms with van der Waals surface area (Å²) in [6, 6.07) is -0.391. The van der Waals surface area contributed by atoms with Crippen molar-refractivity contribution in [3.05, 3.63) is 0 Å². The summed E-state index contributed by atoms with van der Waals surface area (Å²) >= 11 is 0. The SMILES string of the molecule is COC(=O)[C@@H]1C2C(CN1C(=O)[C@@H](C)C(C)(C)C)C2(C)C. The monoisotopic (exact) mass is 281 g/mol. The number of carbonyl (C=O) groups is 2. The van der Waals surface area contributed by atoms with Crippen LogP contribution in [0.15, 0.2) is 0 Å². The minimum atomic E-state index is -0.391. The summed E-state index contributed by atoms with van der Waals surface area (Å²) < 4.78 is 4.94. The van der Waals surface area contributed by atoms with Crippen molar-refractivity contribution >= 4 is 11.9 Å². The zero-order chi connectivity index (χ0) is 15.5. The van der Waals surface area contributed by atoms with Gasteiger partial charge in [0.2, 0.25) is 5.91 Å². The first-order valence-electron chi connectivity index (χ1n) is 7.41. The number of ether oxygens (including phenoxy) is 1. The molecule has 4 nitrogen and oxygen atoms in total. The zero-order valence-electron chi connectivity index (χ0n) is 13.7. The molecule has 4 heteroatoms. The second-order valence-electron chi connectivity index (χ2n) is 8.00. The van der Waals surface area contributed by atoms with Crippen LogP contribution in [-0.4, -0.2) is 36.5 Å². The first-order valence-corrected chi connectivity index (χ1v) is 7.41. The van der Waals surface area contributed by atoms with Crippen molar-refractivity contribution in [3.8, 4) is 0 Å². The molecule has 0 aromatic carbocycles. The fourth-order valence-electron chi connectivity index (χ4n) is 3.52. The average Bonchev–Trinajstić information content (AvgIpc) is 2.75. The van der Waals surface area contributed by atoms with Gasteiger partial charge in [-0.15, -0.1) is 0 Å². The van der Waals surface area contributed by atoms with E-state index in [4.69, 9.17) is 4.74 Å². The van der Waals surface area contributed by atoms with Gasteiger partial charge in [0.15, 0.2) is 0 Å². The van der Waals surface area contributed by atoms with Gasteiger partial charge < -0.3 is 9.64 Å². The Morgan fingerprint density at radius 1 is 1.30 bits per heavy atom. The third kappa shape index (κ3) is 2.13. The van der Waals surface area contributed by atoms with Crippen molar-refractivity contribution in [2.24, 2.45) is 28.6 Å². The minimum Gasteiger partial charge on any atom is -0.467 e. The van der Waals surface area contributed by atoms with Gasteiger partial charge in [0.1, 0.15) is 6.04 Å². The summed E-state index contributed by atoms with van der Waals surface area (Å²) in [6.07, 6.45) is 0. The molecule has 0 N–H and O–H groups in total. The first kappa shape index (κ1) is 15.3. The van der Waals surface area contributed by atoms with Gasteiger partial charge in [-0.25, -0.2) is 4.79 Å². The molecule has 1 saturated heterocycles. The maximum absolute atomic E-state index is 12.7. The number of hydrogen-bond acceptors (Lipinski definition) is 3. The zero-order valence-corrected chi connectivity index (χ0v) is 13.7. The molecule has 0 bridgehead atoms. The van der Waals surface area contributed by atoms with Crippen molar-refractivity contribution in [2.75, 3.05) is 13.7 Å². The van der Waals surface area contributed by atoms with Crippen LogP contribution in [0.3, 0.4) is 0 Å². The van der Waals surface area contributed by atoms with Crippen molar-refractivity contribution in [3.63, 3.8) is 0 Å². The molecule has 2 unspecified atom stereocenters. The van der Waals surface area contributed by atoms with E-state index in [1.165, 1.54) is 7.11 Å². The van der Waals surface area contributed by atoms with E-state index >= 15 is 0 Å². The van der Waals surface area contributed by atoms with Gasteiger partial charge in [0.25, 0.3) is 0 Å². The summed E-state index contributed by atoms with van der Waals surface area (Å²) in [4.78, 5) is 26.6. The van der Waals surface area contributed by atoms with Gasteiger partial charge in [-0.1, -0.05) is 41.5 Å². The van der Waals surface area contributed by atoms with Crippen LogP contribution in [0.1, 0.15) is 41.5 Å². The molecule has 1 amide bonds. The molecule has 4 atom stereocenters. The largest absolute Gasteiger partial charge is 0.467 e. The van der Waals surface area contributed by atoms with Crippen molar-refractivity contribution < 1.29 is 14.3 Å². The Labute approximate surface area is 121 Å². The number of nitrogens with zero attached hydrogens (tertiary/aromatic N) is 1. The Hall–Kier alpha value is -1.06. The molecule has 0 spiro atoms. The molecular weight excluding hydrogens is 254 g/mol. The van der Waals surface area contributed by atoms with E-state index in [9.17, 15) is 9.59 Å². The molecule has 2 aliphatic rings. The summed E-state index contributed by atoms with van der Waals surface area (Å²) in [7, 11) is 1.40. The summed E-state index contributed by atoms with van der Waals surface area (Å²) in [5.74, 6) is 0.400. The van der Waals surface area contributed by atoms with Gasteiger partial charge >= 0.3 is 5.97 Å². The maximum Gasteiger partial charge on any atom is 0.328 e. The van der Waals surface area contributed by atoms with Crippen LogP contribution < -0.4 is 0 Å². The van der Waals surface area contributed by atoms with E-state index in [2.05, 4.69) is 34.6 Å². The highest BCUT2D eigenvalue weighted by atomic mass is 16.5. The number of methoxy groups -OCH3 is 1. The summed E-state index contributed by atoms with van der Waals surface area (Å²) in [5, 5.41) is 0. The Kier molecular flexibility index (Phi) is 3.43. The molecule has 1 aliphatic carbocycles. The molecule has 0 aromatic rings. The Balaban J connectivity index is 2.21. The molecule has 2 fully saturated rings. The number of rotatable bonds is 2. The summed E-state index contributed by atoms with van der Waals surface area (Å²) in [6.45, 7) is 13.2. The van der Waals surface area contributed by atoms with Crippen LogP contribution >= 0.6 is 0 Å². The number of carbonyl (C=O) groups excluding carboxylic acids is 2. The van der Waals surface area contributed by atoms with Gasteiger partial charge in [-0.05, 0) is 16.7 Å². The average molecular weight is 281 g/mol. The molecule has 2 rings (SSSR count). The third-order valence-corrected chi connectivity index (χ3v) is 5.60. The van der Waals surface area contributed by atoms with Gasteiger partial charge in [0, 0.05) is 18.4 Å². The number of likely N-dealkylation sites (tertiary alicyclic amines) is 1. The Morgan fingerprint density at radius 2 is 1.85 bits per heavy atom. The Morgan fingerprint density at radius 3 is 2.30 bits per heavy atom. The lowest BCUT2D eigenvalue weighted by atomic mass is 9.81. The fourth-order valence-corrected chi connectivity index (χ4v) is 3.52. The lowest BCUT2D eigenvalue weighted by molar-refractivity contribution is -0.155. The van der Waals surface area contributed by atoms with E-state index in [1.54, 1.807) is 4.90 Å². The van der Waals surface area contributed by atoms with Gasteiger partial charge in [0.05, 0.1) is 7.11 Å². The Bertz CT molecular complexity index is 435. The first-order chi connectivity index (χ1) is 9.03. The molecule has 1 heterocycles. The van der Waals surface area contributed by atoms with Gasteiger partial charge in [-0.3, -0.25) is 4.79 Å². The lowest BCUT2D eigenvalue weighted by Crippen LogP contribution is -2.49. The highest BCUT2D eigenvalue weighted by Crippen LogP contribution is 2.65. The van der Waals surface area contributed by atoms with E-state index in [0.29, 0.717) is 12.5 Å². The topological polar surface area (TPSA) is 46.6 Å². The van der Waals surface area contributed by atoms with Crippen LogP contribution in [-0.2, 0) is 14.3 Å². The maximum atomic E-state index is 12.7. The van der Waals surface area contributed by atoms with Crippen molar-refractivity contribution in [1.82, 2.24) is 4.90 Å².